The number of rotatable bonds is 6. The van der Waals surface area contributed by atoms with E-state index in [1.807, 2.05) is 30.3 Å². The third kappa shape index (κ3) is 4.12. The predicted molar refractivity (Wildman–Crippen MR) is 86.6 cm³/mol. The van der Waals surface area contributed by atoms with E-state index in [2.05, 4.69) is 12.6 Å². The van der Waals surface area contributed by atoms with Gasteiger partial charge in [-0.2, -0.15) is 12.6 Å². The lowest BCUT2D eigenvalue weighted by atomic mass is 10.0. The maximum Gasteiger partial charge on any atom is 0.312 e. The summed E-state index contributed by atoms with van der Waals surface area (Å²) in [5, 5.41) is 11.3. The molecule has 0 aliphatic heterocycles. The van der Waals surface area contributed by atoms with Gasteiger partial charge < -0.3 is 4.74 Å². The van der Waals surface area contributed by atoms with Crippen molar-refractivity contribution in [1.29, 1.82) is 0 Å². The van der Waals surface area contributed by atoms with Gasteiger partial charge in [0.25, 0.3) is 0 Å². The van der Waals surface area contributed by atoms with Gasteiger partial charge in [-0.05, 0) is 17.7 Å². The molecule has 0 spiro atoms. The lowest BCUT2D eigenvalue weighted by Crippen LogP contribution is -2.12. The molecule has 2 aromatic rings. The Kier molecular flexibility index (Phi) is 5.47. The van der Waals surface area contributed by atoms with Crippen LogP contribution < -0.4 is 4.74 Å². The molecule has 4 nitrogen and oxygen atoms in total. The fourth-order valence-corrected chi connectivity index (χ4v) is 2.41. The summed E-state index contributed by atoms with van der Waals surface area (Å²) in [5.41, 5.74) is 0.956. The van der Waals surface area contributed by atoms with Gasteiger partial charge in [0, 0.05) is 22.8 Å². The molecule has 0 fully saturated rings. The highest BCUT2D eigenvalue weighted by molar-refractivity contribution is 7.80. The van der Waals surface area contributed by atoms with Crippen molar-refractivity contribution in [1.82, 2.24) is 0 Å². The fraction of sp³-hybridized carbons (Fsp3) is 0.200. The highest BCUT2D eigenvalue weighted by atomic mass is 35.5. The SMILES string of the molecule is O=[N+]([O-])c1cc(Cl)ccc1OCC(CS)c1ccccc1. The summed E-state index contributed by atoms with van der Waals surface area (Å²) in [6.07, 6.45) is 0. The van der Waals surface area contributed by atoms with E-state index in [4.69, 9.17) is 16.3 Å². The highest BCUT2D eigenvalue weighted by Crippen LogP contribution is 2.31. The van der Waals surface area contributed by atoms with Gasteiger partial charge >= 0.3 is 5.69 Å². The summed E-state index contributed by atoms with van der Waals surface area (Å²) in [6.45, 7) is 0.315. The molecule has 0 saturated carbocycles. The van der Waals surface area contributed by atoms with E-state index in [-0.39, 0.29) is 17.4 Å². The Morgan fingerprint density at radius 3 is 2.57 bits per heavy atom. The number of thiol groups is 1. The minimum Gasteiger partial charge on any atom is -0.486 e. The average Bonchev–Trinajstić information content (AvgIpc) is 2.50. The van der Waals surface area contributed by atoms with Crippen molar-refractivity contribution in [3.8, 4) is 5.75 Å². The van der Waals surface area contributed by atoms with Crippen molar-refractivity contribution in [2.75, 3.05) is 12.4 Å². The van der Waals surface area contributed by atoms with Crippen LogP contribution in [0.25, 0.3) is 0 Å². The van der Waals surface area contributed by atoms with E-state index >= 15 is 0 Å². The normalized spacial score (nSPS) is 11.9. The van der Waals surface area contributed by atoms with Crippen LogP contribution in [0, 0.1) is 10.1 Å². The lowest BCUT2D eigenvalue weighted by molar-refractivity contribution is -0.385. The summed E-state index contributed by atoms with van der Waals surface area (Å²) < 4.78 is 5.61. The molecule has 0 aliphatic rings. The zero-order valence-corrected chi connectivity index (χ0v) is 12.8. The van der Waals surface area contributed by atoms with Crippen LogP contribution in [0.15, 0.2) is 48.5 Å². The number of nitrogens with zero attached hydrogens (tertiary/aromatic N) is 1. The summed E-state index contributed by atoms with van der Waals surface area (Å²) in [4.78, 5) is 10.5. The maximum absolute atomic E-state index is 11.0. The van der Waals surface area contributed by atoms with Gasteiger partial charge in [0.15, 0.2) is 5.75 Å². The summed E-state index contributed by atoms with van der Waals surface area (Å²) in [7, 11) is 0. The van der Waals surface area contributed by atoms with E-state index in [0.29, 0.717) is 17.4 Å². The van der Waals surface area contributed by atoms with Crippen LogP contribution in [0.1, 0.15) is 11.5 Å². The molecular weight excluding hydrogens is 310 g/mol. The van der Waals surface area contributed by atoms with Crippen molar-refractivity contribution >= 4 is 29.9 Å². The molecule has 0 radical (unpaired) electrons. The second-order valence-electron chi connectivity index (χ2n) is 4.47. The van der Waals surface area contributed by atoms with E-state index in [0.717, 1.165) is 5.56 Å². The second-order valence-corrected chi connectivity index (χ2v) is 5.27. The molecular formula is C15H14ClNO3S. The Bertz CT molecular complexity index is 622. The van der Waals surface area contributed by atoms with Crippen LogP contribution >= 0.6 is 24.2 Å². The quantitative estimate of drug-likeness (QED) is 0.489. The lowest BCUT2D eigenvalue weighted by Gasteiger charge is -2.16. The number of hydrogen-bond acceptors (Lipinski definition) is 4. The third-order valence-electron chi connectivity index (χ3n) is 3.05. The predicted octanol–water partition coefficient (Wildman–Crippen LogP) is 4.34. The molecule has 1 atom stereocenters. The van der Waals surface area contributed by atoms with Crippen LogP contribution in [0.5, 0.6) is 5.75 Å². The van der Waals surface area contributed by atoms with E-state index in [1.54, 1.807) is 6.07 Å². The number of ether oxygens (including phenoxy) is 1. The monoisotopic (exact) mass is 323 g/mol. The topological polar surface area (TPSA) is 52.4 Å². The van der Waals surface area contributed by atoms with Gasteiger partial charge in [-0.1, -0.05) is 41.9 Å². The van der Waals surface area contributed by atoms with Crippen LogP contribution in [0.3, 0.4) is 0 Å². The van der Waals surface area contributed by atoms with Crippen molar-refractivity contribution in [3.05, 3.63) is 69.2 Å². The van der Waals surface area contributed by atoms with E-state index < -0.39 is 4.92 Å². The summed E-state index contributed by atoms with van der Waals surface area (Å²) >= 11 is 10.1. The van der Waals surface area contributed by atoms with Crippen molar-refractivity contribution in [2.24, 2.45) is 0 Å². The molecule has 21 heavy (non-hydrogen) atoms. The Hall–Kier alpha value is -1.72. The van der Waals surface area contributed by atoms with Crippen molar-refractivity contribution in [3.63, 3.8) is 0 Å². The third-order valence-corrected chi connectivity index (χ3v) is 3.72. The largest absolute Gasteiger partial charge is 0.486 e. The number of nitro benzene ring substituents is 1. The Labute approximate surface area is 133 Å². The molecule has 6 heteroatoms. The Morgan fingerprint density at radius 2 is 1.95 bits per heavy atom. The smallest absolute Gasteiger partial charge is 0.312 e. The molecule has 0 amide bonds. The number of benzene rings is 2. The standard InChI is InChI=1S/C15H14ClNO3S/c16-13-6-7-15(14(8-13)17(18)19)20-9-12(10-21)11-4-2-1-3-5-11/h1-8,12,21H,9-10H2. The zero-order chi connectivity index (χ0) is 15.2. The molecule has 0 bridgehead atoms. The van der Waals surface area contributed by atoms with Gasteiger partial charge in [-0.3, -0.25) is 10.1 Å². The molecule has 110 valence electrons. The van der Waals surface area contributed by atoms with Crippen molar-refractivity contribution in [2.45, 2.75) is 5.92 Å². The zero-order valence-electron chi connectivity index (χ0n) is 11.1. The van der Waals surface area contributed by atoms with Crippen LogP contribution in [-0.2, 0) is 0 Å². The van der Waals surface area contributed by atoms with E-state index in [1.165, 1.54) is 12.1 Å². The molecule has 0 aromatic heterocycles. The fourth-order valence-electron chi connectivity index (χ4n) is 1.93. The molecule has 0 heterocycles. The Balaban J connectivity index is 2.14. The van der Waals surface area contributed by atoms with Gasteiger partial charge in [-0.25, -0.2) is 0 Å². The van der Waals surface area contributed by atoms with Gasteiger partial charge in [0.1, 0.15) is 0 Å². The Morgan fingerprint density at radius 1 is 1.24 bits per heavy atom. The molecule has 0 saturated heterocycles. The van der Waals surface area contributed by atoms with Gasteiger partial charge in [-0.15, -0.1) is 0 Å². The molecule has 0 N–H and O–H groups in total. The van der Waals surface area contributed by atoms with Crippen LogP contribution in [0.2, 0.25) is 5.02 Å². The number of halogens is 1. The first kappa shape index (κ1) is 15.7. The van der Waals surface area contributed by atoms with Crippen LogP contribution in [0.4, 0.5) is 5.69 Å². The first-order valence-corrected chi connectivity index (χ1v) is 7.35. The number of nitro groups is 1. The van der Waals surface area contributed by atoms with Gasteiger partial charge in [0.05, 0.1) is 11.5 Å². The molecule has 2 rings (SSSR count). The van der Waals surface area contributed by atoms with E-state index in [9.17, 15) is 10.1 Å². The first-order valence-electron chi connectivity index (χ1n) is 6.34. The minimum atomic E-state index is -0.501. The van der Waals surface area contributed by atoms with Gasteiger partial charge in [0.2, 0.25) is 0 Å². The van der Waals surface area contributed by atoms with Crippen LogP contribution in [-0.4, -0.2) is 17.3 Å². The highest BCUT2D eigenvalue weighted by Gasteiger charge is 2.18. The minimum absolute atomic E-state index is 0.0600. The summed E-state index contributed by atoms with van der Waals surface area (Å²) in [6, 6.07) is 14.2. The molecule has 0 aliphatic carbocycles. The average molecular weight is 324 g/mol. The second kappa shape index (κ2) is 7.33. The number of hydrogen-bond donors (Lipinski definition) is 1. The molecule has 2 aromatic carbocycles. The maximum atomic E-state index is 11.0. The first-order chi connectivity index (χ1) is 10.1. The summed E-state index contributed by atoms with van der Waals surface area (Å²) in [5.74, 6) is 0.864. The molecule has 1 unspecified atom stereocenters. The van der Waals surface area contributed by atoms with Crippen molar-refractivity contribution < 1.29 is 9.66 Å².